The molecule has 0 amide bonds. The summed E-state index contributed by atoms with van der Waals surface area (Å²) >= 11 is 0. The maximum atomic E-state index is 10.3. The van der Waals surface area contributed by atoms with Crippen LogP contribution in [0.5, 0.6) is 0 Å². The van der Waals surface area contributed by atoms with Gasteiger partial charge in [-0.3, -0.25) is 4.79 Å². The molecule has 66 valence electrons. The SMILES string of the molecule is C=C/C(=C\C=C(/C)N)CC(=O)O. The van der Waals surface area contributed by atoms with Gasteiger partial charge in [-0.05, 0) is 18.6 Å². The van der Waals surface area contributed by atoms with Gasteiger partial charge in [0.15, 0.2) is 0 Å². The van der Waals surface area contributed by atoms with Gasteiger partial charge in [-0.15, -0.1) is 0 Å². The molecule has 3 heteroatoms. The molecule has 0 saturated carbocycles. The highest BCUT2D eigenvalue weighted by Gasteiger charge is 1.97. The normalized spacial score (nSPS) is 12.8. The maximum absolute atomic E-state index is 10.3. The van der Waals surface area contributed by atoms with Crippen molar-refractivity contribution in [1.29, 1.82) is 0 Å². The van der Waals surface area contributed by atoms with Crippen LogP contribution in [0, 0.1) is 0 Å². The summed E-state index contributed by atoms with van der Waals surface area (Å²) in [5.41, 5.74) is 6.65. The summed E-state index contributed by atoms with van der Waals surface area (Å²) in [7, 11) is 0. The number of carboxylic acids is 1. The number of aliphatic carboxylic acids is 1. The summed E-state index contributed by atoms with van der Waals surface area (Å²) in [6.45, 7) is 5.22. The molecule has 0 aliphatic carbocycles. The summed E-state index contributed by atoms with van der Waals surface area (Å²) < 4.78 is 0. The molecule has 0 fully saturated rings. The quantitative estimate of drug-likeness (QED) is 0.622. The van der Waals surface area contributed by atoms with Gasteiger partial charge in [0.25, 0.3) is 0 Å². The van der Waals surface area contributed by atoms with E-state index in [-0.39, 0.29) is 6.42 Å². The molecule has 0 aliphatic heterocycles. The third-order valence-electron chi connectivity index (χ3n) is 1.18. The third kappa shape index (κ3) is 5.29. The van der Waals surface area contributed by atoms with Gasteiger partial charge in [-0.1, -0.05) is 18.7 Å². The molecule has 12 heavy (non-hydrogen) atoms. The minimum atomic E-state index is -0.871. The van der Waals surface area contributed by atoms with E-state index in [1.165, 1.54) is 6.08 Å². The topological polar surface area (TPSA) is 63.3 Å². The first-order chi connectivity index (χ1) is 5.56. The Morgan fingerprint density at radius 3 is 2.50 bits per heavy atom. The molecule has 0 radical (unpaired) electrons. The first-order valence-corrected chi connectivity index (χ1v) is 3.53. The Hall–Kier alpha value is -1.51. The molecule has 0 atom stereocenters. The van der Waals surface area contributed by atoms with Crippen molar-refractivity contribution >= 4 is 5.97 Å². The monoisotopic (exact) mass is 167 g/mol. The summed E-state index contributed by atoms with van der Waals surface area (Å²) in [5.74, 6) is -0.871. The van der Waals surface area contributed by atoms with Crippen LogP contribution in [0.15, 0.2) is 36.1 Å². The van der Waals surface area contributed by atoms with Crippen LogP contribution in [0.25, 0.3) is 0 Å². The summed E-state index contributed by atoms with van der Waals surface area (Å²) in [4.78, 5) is 10.3. The van der Waals surface area contributed by atoms with Gasteiger partial charge in [0.05, 0.1) is 6.42 Å². The smallest absolute Gasteiger partial charge is 0.307 e. The number of hydrogen-bond acceptors (Lipinski definition) is 2. The van der Waals surface area contributed by atoms with Gasteiger partial charge in [-0.2, -0.15) is 0 Å². The number of carboxylic acid groups (broad SMARTS) is 1. The summed E-state index contributed by atoms with van der Waals surface area (Å²) in [6.07, 6.45) is 4.79. The Morgan fingerprint density at radius 1 is 1.58 bits per heavy atom. The van der Waals surface area contributed by atoms with Gasteiger partial charge in [0.1, 0.15) is 0 Å². The predicted molar refractivity (Wildman–Crippen MR) is 48.5 cm³/mol. The average molecular weight is 167 g/mol. The van der Waals surface area contributed by atoms with Crippen molar-refractivity contribution in [3.05, 3.63) is 36.1 Å². The largest absolute Gasteiger partial charge is 0.481 e. The highest BCUT2D eigenvalue weighted by atomic mass is 16.4. The van der Waals surface area contributed by atoms with E-state index >= 15 is 0 Å². The van der Waals surface area contributed by atoms with Crippen LogP contribution in [0.4, 0.5) is 0 Å². The van der Waals surface area contributed by atoms with E-state index in [9.17, 15) is 4.79 Å². The van der Waals surface area contributed by atoms with E-state index in [1.54, 1.807) is 19.1 Å². The fraction of sp³-hybridized carbons (Fsp3) is 0.222. The van der Waals surface area contributed by atoms with Crippen LogP contribution in [0.1, 0.15) is 13.3 Å². The molecule has 0 bridgehead atoms. The molecule has 0 heterocycles. The van der Waals surface area contributed by atoms with Crippen molar-refractivity contribution in [2.75, 3.05) is 0 Å². The first-order valence-electron chi connectivity index (χ1n) is 3.53. The lowest BCUT2D eigenvalue weighted by atomic mass is 10.1. The molecule has 0 aliphatic rings. The summed E-state index contributed by atoms with van der Waals surface area (Å²) in [5, 5.41) is 8.44. The van der Waals surface area contributed by atoms with Crippen LogP contribution in [-0.4, -0.2) is 11.1 Å². The molecule has 0 aromatic heterocycles. The molecule has 3 nitrogen and oxygen atoms in total. The predicted octanol–water partition coefficient (Wildman–Crippen LogP) is 1.44. The summed E-state index contributed by atoms with van der Waals surface area (Å²) in [6, 6.07) is 0. The van der Waals surface area contributed by atoms with E-state index in [0.717, 1.165) is 0 Å². The number of carbonyl (C=O) groups is 1. The molecule has 0 saturated heterocycles. The molecule has 0 unspecified atom stereocenters. The van der Waals surface area contributed by atoms with Crippen LogP contribution >= 0.6 is 0 Å². The number of hydrogen-bond donors (Lipinski definition) is 2. The van der Waals surface area contributed by atoms with Crippen molar-refractivity contribution in [2.45, 2.75) is 13.3 Å². The molecule has 0 aromatic carbocycles. The minimum absolute atomic E-state index is 0.0206. The second kappa shape index (κ2) is 5.18. The van der Waals surface area contributed by atoms with Crippen molar-refractivity contribution in [3.8, 4) is 0 Å². The fourth-order valence-electron chi connectivity index (χ4n) is 0.612. The van der Waals surface area contributed by atoms with Crippen molar-refractivity contribution in [1.82, 2.24) is 0 Å². The highest BCUT2D eigenvalue weighted by Crippen LogP contribution is 2.02. The second-order valence-corrected chi connectivity index (χ2v) is 2.43. The van der Waals surface area contributed by atoms with Crippen molar-refractivity contribution < 1.29 is 9.90 Å². The third-order valence-corrected chi connectivity index (χ3v) is 1.18. The first kappa shape index (κ1) is 10.5. The van der Waals surface area contributed by atoms with Crippen LogP contribution in [-0.2, 0) is 4.79 Å². The Balaban J connectivity index is 4.34. The van der Waals surface area contributed by atoms with E-state index in [0.29, 0.717) is 11.3 Å². The highest BCUT2D eigenvalue weighted by molar-refractivity contribution is 5.71. The van der Waals surface area contributed by atoms with Gasteiger partial charge >= 0.3 is 5.97 Å². The molecule has 0 aromatic rings. The Labute approximate surface area is 71.9 Å². The van der Waals surface area contributed by atoms with Crippen LogP contribution < -0.4 is 5.73 Å². The number of rotatable bonds is 4. The lowest BCUT2D eigenvalue weighted by Gasteiger charge is -1.94. The zero-order chi connectivity index (χ0) is 9.56. The molecular formula is C9H13NO2. The lowest BCUT2D eigenvalue weighted by molar-refractivity contribution is -0.136. The standard InChI is InChI=1S/C9H13NO2/c1-3-8(6-9(11)12)5-4-7(2)10/h3-5H,1,6,10H2,2H3,(H,11,12)/b7-4+,8-5+. The van der Waals surface area contributed by atoms with E-state index < -0.39 is 5.97 Å². The van der Waals surface area contributed by atoms with Crippen LogP contribution in [0.3, 0.4) is 0 Å². The molecule has 3 N–H and O–H groups in total. The van der Waals surface area contributed by atoms with Gasteiger partial charge in [0, 0.05) is 5.70 Å². The zero-order valence-electron chi connectivity index (χ0n) is 7.08. The maximum Gasteiger partial charge on any atom is 0.307 e. The molecule has 0 spiro atoms. The average Bonchev–Trinajstić information content (AvgIpc) is 1.97. The van der Waals surface area contributed by atoms with E-state index in [4.69, 9.17) is 10.8 Å². The number of nitrogens with two attached hydrogens (primary N) is 1. The number of allylic oxidation sites excluding steroid dienone is 4. The fourth-order valence-corrected chi connectivity index (χ4v) is 0.612. The zero-order valence-corrected chi connectivity index (χ0v) is 7.08. The van der Waals surface area contributed by atoms with Gasteiger partial charge in [0.2, 0.25) is 0 Å². The molecule has 0 rings (SSSR count). The van der Waals surface area contributed by atoms with Gasteiger partial charge < -0.3 is 10.8 Å². The van der Waals surface area contributed by atoms with Crippen molar-refractivity contribution in [3.63, 3.8) is 0 Å². The van der Waals surface area contributed by atoms with Crippen molar-refractivity contribution in [2.24, 2.45) is 5.73 Å². The Kier molecular flexibility index (Phi) is 4.53. The van der Waals surface area contributed by atoms with Gasteiger partial charge in [-0.25, -0.2) is 0 Å². The molecular weight excluding hydrogens is 154 g/mol. The second-order valence-electron chi connectivity index (χ2n) is 2.43. The Bertz CT molecular complexity index is 235. The minimum Gasteiger partial charge on any atom is -0.481 e. The van der Waals surface area contributed by atoms with Crippen LogP contribution in [0.2, 0.25) is 0 Å². The Morgan fingerprint density at radius 2 is 2.17 bits per heavy atom. The lowest BCUT2D eigenvalue weighted by Crippen LogP contribution is -1.95. The van der Waals surface area contributed by atoms with E-state index in [2.05, 4.69) is 6.58 Å². The van der Waals surface area contributed by atoms with E-state index in [1.807, 2.05) is 0 Å².